The molecule has 0 aliphatic rings. The first-order chi connectivity index (χ1) is 13.8. The van der Waals surface area contributed by atoms with E-state index < -0.39 is 6.04 Å². The predicted octanol–water partition coefficient (Wildman–Crippen LogP) is 4.97. The van der Waals surface area contributed by atoms with Crippen molar-refractivity contribution in [3.63, 3.8) is 0 Å². The van der Waals surface area contributed by atoms with Crippen LogP contribution in [0, 0.1) is 0 Å². The average Bonchev–Trinajstić information content (AvgIpc) is 2.70. The molecule has 1 atom stereocenters. The number of carbonyl (C=O) groups excluding carboxylic acids is 2. The Morgan fingerprint density at radius 3 is 2.52 bits per heavy atom. The van der Waals surface area contributed by atoms with Gasteiger partial charge in [0.25, 0.3) is 5.91 Å². The molecule has 156 valence electrons. The van der Waals surface area contributed by atoms with Gasteiger partial charge in [-0.2, -0.15) is 0 Å². The number of nitrogens with zero attached hydrogens (tertiary/aromatic N) is 1. The summed E-state index contributed by atoms with van der Waals surface area (Å²) in [5, 5.41) is 4.13. The molecule has 0 aliphatic heterocycles. The fourth-order valence-electron chi connectivity index (χ4n) is 2.60. The molecule has 2 aromatic rings. The van der Waals surface area contributed by atoms with Crippen molar-refractivity contribution >= 4 is 46.6 Å². The van der Waals surface area contributed by atoms with E-state index in [1.54, 1.807) is 49.4 Å². The standard InChI is InChI=1S/C21H23Cl3N2O3/c1-3-9-25-21(28)14(2)26(12-15-7-8-18(23)19(24)10-15)20(27)13-29-17-6-4-5-16(22)11-17/h4-8,10-11,14H,3,9,12-13H2,1-2H3,(H,25,28)/t14-/m0/s1. The molecule has 0 aromatic heterocycles. The van der Waals surface area contributed by atoms with Crippen LogP contribution in [0.15, 0.2) is 42.5 Å². The van der Waals surface area contributed by atoms with Crippen molar-refractivity contribution in [3.05, 3.63) is 63.1 Å². The van der Waals surface area contributed by atoms with Crippen LogP contribution in [0.25, 0.3) is 0 Å². The Kier molecular flexibility index (Phi) is 9.08. The van der Waals surface area contributed by atoms with Crippen LogP contribution in [-0.2, 0) is 16.1 Å². The van der Waals surface area contributed by atoms with Crippen LogP contribution >= 0.6 is 34.8 Å². The zero-order valence-electron chi connectivity index (χ0n) is 16.3. The van der Waals surface area contributed by atoms with Crippen LogP contribution < -0.4 is 10.1 Å². The Morgan fingerprint density at radius 1 is 1.10 bits per heavy atom. The lowest BCUT2D eigenvalue weighted by molar-refractivity contribution is -0.142. The van der Waals surface area contributed by atoms with Gasteiger partial charge in [-0.15, -0.1) is 0 Å². The van der Waals surface area contributed by atoms with Crippen LogP contribution in [0.4, 0.5) is 0 Å². The highest BCUT2D eigenvalue weighted by atomic mass is 35.5. The summed E-state index contributed by atoms with van der Waals surface area (Å²) in [5.41, 5.74) is 0.755. The molecular weight excluding hydrogens is 435 g/mol. The monoisotopic (exact) mass is 456 g/mol. The molecule has 2 rings (SSSR count). The number of amides is 2. The number of hydrogen-bond acceptors (Lipinski definition) is 3. The van der Waals surface area contributed by atoms with Gasteiger partial charge in [0.05, 0.1) is 10.0 Å². The molecule has 0 aliphatic carbocycles. The minimum atomic E-state index is -0.688. The van der Waals surface area contributed by atoms with E-state index in [4.69, 9.17) is 39.5 Å². The largest absolute Gasteiger partial charge is 0.484 e. The fourth-order valence-corrected chi connectivity index (χ4v) is 3.10. The molecule has 0 fully saturated rings. The molecule has 1 N–H and O–H groups in total. The summed E-state index contributed by atoms with van der Waals surface area (Å²) in [6.45, 7) is 4.14. The van der Waals surface area contributed by atoms with E-state index in [-0.39, 0.29) is 25.0 Å². The minimum Gasteiger partial charge on any atom is -0.484 e. The zero-order valence-corrected chi connectivity index (χ0v) is 18.5. The molecular formula is C21H23Cl3N2O3. The number of rotatable bonds is 9. The third-order valence-electron chi connectivity index (χ3n) is 4.21. The molecule has 0 spiro atoms. The maximum atomic E-state index is 12.9. The summed E-state index contributed by atoms with van der Waals surface area (Å²) in [4.78, 5) is 26.8. The van der Waals surface area contributed by atoms with Gasteiger partial charge in [0.15, 0.2) is 6.61 Å². The van der Waals surface area contributed by atoms with Crippen molar-refractivity contribution in [2.24, 2.45) is 0 Å². The average molecular weight is 458 g/mol. The third kappa shape index (κ3) is 7.11. The van der Waals surface area contributed by atoms with E-state index in [1.807, 2.05) is 6.92 Å². The molecule has 5 nitrogen and oxygen atoms in total. The topological polar surface area (TPSA) is 58.6 Å². The molecule has 0 saturated carbocycles. The highest BCUT2D eigenvalue weighted by Gasteiger charge is 2.26. The highest BCUT2D eigenvalue weighted by Crippen LogP contribution is 2.24. The second-order valence-corrected chi connectivity index (χ2v) is 7.73. The van der Waals surface area contributed by atoms with Gasteiger partial charge in [0.2, 0.25) is 5.91 Å². The lowest BCUT2D eigenvalue weighted by Crippen LogP contribution is -2.49. The quantitative estimate of drug-likeness (QED) is 0.578. The van der Waals surface area contributed by atoms with Gasteiger partial charge >= 0.3 is 0 Å². The summed E-state index contributed by atoms with van der Waals surface area (Å²) in [7, 11) is 0. The summed E-state index contributed by atoms with van der Waals surface area (Å²) >= 11 is 18.0. The summed E-state index contributed by atoms with van der Waals surface area (Å²) in [6, 6.07) is 11.2. The van der Waals surface area contributed by atoms with Crippen molar-refractivity contribution in [1.29, 1.82) is 0 Å². The van der Waals surface area contributed by atoms with Crippen molar-refractivity contribution in [2.45, 2.75) is 32.9 Å². The molecule has 0 radical (unpaired) electrons. The fraction of sp³-hybridized carbons (Fsp3) is 0.333. The van der Waals surface area contributed by atoms with Crippen LogP contribution in [0.2, 0.25) is 15.1 Å². The van der Waals surface area contributed by atoms with Gasteiger partial charge in [-0.1, -0.05) is 53.9 Å². The number of ether oxygens (including phenoxy) is 1. The molecule has 0 unspecified atom stereocenters. The van der Waals surface area contributed by atoms with Crippen molar-refractivity contribution < 1.29 is 14.3 Å². The van der Waals surface area contributed by atoms with E-state index in [0.717, 1.165) is 12.0 Å². The molecule has 2 aromatic carbocycles. The van der Waals surface area contributed by atoms with E-state index in [2.05, 4.69) is 5.32 Å². The second kappa shape index (κ2) is 11.3. The minimum absolute atomic E-state index is 0.190. The SMILES string of the molecule is CCCNC(=O)[C@H](C)N(Cc1ccc(Cl)c(Cl)c1)C(=O)COc1cccc(Cl)c1. The summed E-state index contributed by atoms with van der Waals surface area (Å²) in [5.74, 6) is -0.0957. The van der Waals surface area contributed by atoms with E-state index >= 15 is 0 Å². The maximum Gasteiger partial charge on any atom is 0.261 e. The summed E-state index contributed by atoms with van der Waals surface area (Å²) in [6.07, 6.45) is 0.803. The second-order valence-electron chi connectivity index (χ2n) is 6.48. The highest BCUT2D eigenvalue weighted by molar-refractivity contribution is 6.42. The molecule has 0 bridgehead atoms. The van der Waals surface area contributed by atoms with Gasteiger partial charge < -0.3 is 15.0 Å². The van der Waals surface area contributed by atoms with Gasteiger partial charge in [0.1, 0.15) is 11.8 Å². The number of nitrogens with one attached hydrogen (secondary N) is 1. The van der Waals surface area contributed by atoms with Gasteiger partial charge in [-0.25, -0.2) is 0 Å². The molecule has 2 amide bonds. The maximum absolute atomic E-state index is 12.9. The number of halogens is 3. The molecule has 8 heteroatoms. The Morgan fingerprint density at radius 2 is 1.86 bits per heavy atom. The summed E-state index contributed by atoms with van der Waals surface area (Å²) < 4.78 is 5.57. The van der Waals surface area contributed by atoms with E-state index in [9.17, 15) is 9.59 Å². The Balaban J connectivity index is 2.16. The van der Waals surface area contributed by atoms with Crippen molar-refractivity contribution in [2.75, 3.05) is 13.2 Å². The Bertz CT molecular complexity index is 861. The van der Waals surface area contributed by atoms with Crippen molar-refractivity contribution in [1.82, 2.24) is 10.2 Å². The Hall–Kier alpha value is -1.95. The van der Waals surface area contributed by atoms with Crippen LogP contribution in [0.1, 0.15) is 25.8 Å². The van der Waals surface area contributed by atoms with E-state index in [0.29, 0.717) is 27.4 Å². The number of benzene rings is 2. The molecule has 29 heavy (non-hydrogen) atoms. The van der Waals surface area contributed by atoms with Gasteiger partial charge in [-0.3, -0.25) is 9.59 Å². The first-order valence-electron chi connectivity index (χ1n) is 9.21. The Labute approximate surface area is 185 Å². The number of carbonyl (C=O) groups is 2. The zero-order chi connectivity index (χ0) is 21.4. The smallest absolute Gasteiger partial charge is 0.261 e. The van der Waals surface area contributed by atoms with Crippen LogP contribution in [0.5, 0.6) is 5.75 Å². The molecule has 0 heterocycles. The molecule has 0 saturated heterocycles. The van der Waals surface area contributed by atoms with Gasteiger partial charge in [0, 0.05) is 18.1 Å². The van der Waals surface area contributed by atoms with Gasteiger partial charge in [-0.05, 0) is 49.2 Å². The first kappa shape index (κ1) is 23.3. The van der Waals surface area contributed by atoms with Crippen LogP contribution in [0.3, 0.4) is 0 Å². The van der Waals surface area contributed by atoms with Crippen LogP contribution in [-0.4, -0.2) is 35.9 Å². The third-order valence-corrected chi connectivity index (χ3v) is 5.19. The number of hydrogen-bond donors (Lipinski definition) is 1. The first-order valence-corrected chi connectivity index (χ1v) is 10.3. The lowest BCUT2D eigenvalue weighted by Gasteiger charge is -2.29. The lowest BCUT2D eigenvalue weighted by atomic mass is 10.1. The van der Waals surface area contributed by atoms with Crippen molar-refractivity contribution in [3.8, 4) is 5.75 Å². The normalized spacial score (nSPS) is 11.6. The van der Waals surface area contributed by atoms with E-state index in [1.165, 1.54) is 4.90 Å². The predicted molar refractivity (Wildman–Crippen MR) is 117 cm³/mol.